The first-order valence-corrected chi connectivity index (χ1v) is 8.52. The fourth-order valence-electron chi connectivity index (χ4n) is 1.70. The van der Waals surface area contributed by atoms with E-state index in [1.54, 1.807) is 0 Å². The van der Waals surface area contributed by atoms with Crippen molar-refractivity contribution in [1.29, 1.82) is 0 Å². The lowest BCUT2D eigenvalue weighted by Crippen LogP contribution is -2.44. The lowest BCUT2D eigenvalue weighted by molar-refractivity contribution is -0.140. The summed E-state index contributed by atoms with van der Waals surface area (Å²) in [6.07, 6.45) is 0.713. The Labute approximate surface area is 139 Å². The molecule has 7 heteroatoms. The first-order valence-electron chi connectivity index (χ1n) is 6.44. The summed E-state index contributed by atoms with van der Waals surface area (Å²) in [6, 6.07) is 8.35. The normalized spacial score (nSPS) is 13.9. The van der Waals surface area contributed by atoms with Gasteiger partial charge in [-0.15, -0.1) is 11.8 Å². The standard InChI is InChI=1S/C14H19NO3S3/c15-12(14(17)18)13(10(16)6-7-11(19)20)21-8-9-4-2-1-3-5-9/h1-5,11-13,19-20H,6-8,15H2,(H,17,18)/t12-,13?/m0/s1. The van der Waals surface area contributed by atoms with Gasteiger partial charge in [0.1, 0.15) is 11.8 Å². The molecule has 0 amide bonds. The summed E-state index contributed by atoms with van der Waals surface area (Å²) in [6.45, 7) is 0. The SMILES string of the molecule is N[C@H](C(=O)O)C(SCc1ccccc1)C(=O)CCC(S)S. The van der Waals surface area contributed by atoms with Crippen LogP contribution in [-0.4, -0.2) is 32.7 Å². The maximum Gasteiger partial charge on any atom is 0.322 e. The van der Waals surface area contributed by atoms with Crippen molar-refractivity contribution >= 4 is 48.8 Å². The maximum absolute atomic E-state index is 12.2. The highest BCUT2D eigenvalue weighted by Crippen LogP contribution is 2.23. The van der Waals surface area contributed by atoms with Crippen molar-refractivity contribution in [3.8, 4) is 0 Å². The summed E-state index contributed by atoms with van der Waals surface area (Å²) in [5.41, 5.74) is 6.68. The Bertz CT molecular complexity index is 468. The largest absolute Gasteiger partial charge is 0.480 e. The Morgan fingerprint density at radius 1 is 1.24 bits per heavy atom. The van der Waals surface area contributed by atoms with E-state index in [-0.39, 0.29) is 16.8 Å². The van der Waals surface area contributed by atoms with Crippen molar-refractivity contribution < 1.29 is 14.7 Å². The van der Waals surface area contributed by atoms with Gasteiger partial charge in [0.25, 0.3) is 0 Å². The molecule has 0 aliphatic carbocycles. The van der Waals surface area contributed by atoms with E-state index in [1.165, 1.54) is 11.8 Å². The minimum Gasteiger partial charge on any atom is -0.480 e. The summed E-state index contributed by atoms with van der Waals surface area (Å²) in [5.74, 6) is -0.787. The molecule has 4 nitrogen and oxygen atoms in total. The van der Waals surface area contributed by atoms with Crippen LogP contribution in [0.1, 0.15) is 18.4 Å². The van der Waals surface area contributed by atoms with Crippen LogP contribution in [0, 0.1) is 0 Å². The predicted octanol–water partition coefficient (Wildman–Crippen LogP) is 2.24. The molecule has 1 aromatic rings. The first kappa shape index (κ1) is 18.4. The molecule has 0 saturated carbocycles. The van der Waals surface area contributed by atoms with Crippen LogP contribution < -0.4 is 5.73 Å². The zero-order valence-corrected chi connectivity index (χ0v) is 14.0. The topological polar surface area (TPSA) is 80.4 Å². The molecule has 0 saturated heterocycles. The number of carboxylic acid groups (broad SMARTS) is 1. The molecule has 0 aliphatic rings. The molecule has 3 N–H and O–H groups in total. The minimum atomic E-state index is -1.20. The number of nitrogens with two attached hydrogens (primary N) is 1. The van der Waals surface area contributed by atoms with Crippen LogP contribution in [0.2, 0.25) is 0 Å². The van der Waals surface area contributed by atoms with Gasteiger partial charge in [0, 0.05) is 16.8 Å². The van der Waals surface area contributed by atoms with E-state index >= 15 is 0 Å². The number of hydrogen-bond acceptors (Lipinski definition) is 6. The molecule has 116 valence electrons. The van der Waals surface area contributed by atoms with Crippen LogP contribution in [0.25, 0.3) is 0 Å². The third kappa shape index (κ3) is 6.78. The summed E-state index contributed by atoms with van der Waals surface area (Å²) in [7, 11) is 0. The highest BCUT2D eigenvalue weighted by molar-refractivity contribution is 8.00. The van der Waals surface area contributed by atoms with Crippen molar-refractivity contribution in [2.24, 2.45) is 5.73 Å². The third-order valence-electron chi connectivity index (χ3n) is 2.85. The van der Waals surface area contributed by atoms with E-state index in [0.717, 1.165) is 5.56 Å². The van der Waals surface area contributed by atoms with E-state index in [1.807, 2.05) is 30.3 Å². The van der Waals surface area contributed by atoms with Gasteiger partial charge in [-0.25, -0.2) is 0 Å². The highest BCUT2D eigenvalue weighted by atomic mass is 32.2. The molecule has 0 radical (unpaired) electrons. The van der Waals surface area contributed by atoms with Gasteiger partial charge in [-0.2, -0.15) is 25.3 Å². The predicted molar refractivity (Wildman–Crippen MR) is 93.1 cm³/mol. The third-order valence-corrected chi connectivity index (χ3v) is 4.78. The molecule has 1 aromatic carbocycles. The quantitative estimate of drug-likeness (QED) is 0.408. The number of benzene rings is 1. The number of carbonyl (C=O) groups is 2. The number of rotatable bonds is 9. The molecule has 21 heavy (non-hydrogen) atoms. The van der Waals surface area contributed by atoms with E-state index in [2.05, 4.69) is 25.3 Å². The minimum absolute atomic E-state index is 0.168. The van der Waals surface area contributed by atoms with Gasteiger partial charge in [0.2, 0.25) is 0 Å². The second-order valence-corrected chi connectivity index (χ2v) is 7.35. The van der Waals surface area contributed by atoms with Gasteiger partial charge in [-0.05, 0) is 12.0 Å². The maximum atomic E-state index is 12.2. The van der Waals surface area contributed by atoms with Gasteiger partial charge in [0.15, 0.2) is 0 Å². The molecule has 0 aliphatic heterocycles. The van der Waals surface area contributed by atoms with E-state index in [9.17, 15) is 9.59 Å². The Kier molecular flexibility index (Phi) is 8.24. The number of carbonyl (C=O) groups excluding carboxylic acids is 1. The van der Waals surface area contributed by atoms with Crippen LogP contribution in [-0.2, 0) is 15.3 Å². The second kappa shape index (κ2) is 9.40. The first-order chi connectivity index (χ1) is 9.91. The van der Waals surface area contributed by atoms with Crippen molar-refractivity contribution in [1.82, 2.24) is 0 Å². The Morgan fingerprint density at radius 2 is 1.86 bits per heavy atom. The molecular formula is C14H19NO3S3. The fraction of sp³-hybridized carbons (Fsp3) is 0.429. The van der Waals surface area contributed by atoms with Crippen LogP contribution in [0.4, 0.5) is 0 Å². The molecule has 2 atom stereocenters. The number of aliphatic carboxylic acids is 1. The van der Waals surface area contributed by atoms with Crippen LogP contribution in [0.15, 0.2) is 30.3 Å². The van der Waals surface area contributed by atoms with Crippen molar-refractivity contribution in [2.75, 3.05) is 0 Å². The average Bonchev–Trinajstić information content (AvgIpc) is 2.46. The van der Waals surface area contributed by atoms with E-state index in [4.69, 9.17) is 10.8 Å². The molecular weight excluding hydrogens is 326 g/mol. The van der Waals surface area contributed by atoms with Crippen LogP contribution in [0.5, 0.6) is 0 Å². The van der Waals surface area contributed by atoms with Crippen LogP contribution >= 0.6 is 37.0 Å². The van der Waals surface area contributed by atoms with E-state index in [0.29, 0.717) is 12.2 Å². The Balaban J connectivity index is 2.68. The number of thioether (sulfide) groups is 1. The number of Topliss-reactive ketones (excluding diaryl/α,β-unsaturated/α-hetero) is 1. The lowest BCUT2D eigenvalue weighted by Gasteiger charge is -2.19. The van der Waals surface area contributed by atoms with Crippen molar-refractivity contribution in [2.45, 2.75) is 34.5 Å². The zero-order valence-electron chi connectivity index (χ0n) is 11.4. The number of thiol groups is 2. The van der Waals surface area contributed by atoms with Gasteiger partial charge in [-0.1, -0.05) is 30.3 Å². The number of ketones is 1. The van der Waals surface area contributed by atoms with E-state index < -0.39 is 17.3 Å². The number of carboxylic acids is 1. The van der Waals surface area contributed by atoms with Gasteiger partial charge in [0.05, 0.1) is 5.25 Å². The summed E-state index contributed by atoms with van der Waals surface area (Å²) < 4.78 is -0.199. The van der Waals surface area contributed by atoms with Crippen LogP contribution in [0.3, 0.4) is 0 Å². The highest BCUT2D eigenvalue weighted by Gasteiger charge is 2.30. The Morgan fingerprint density at radius 3 is 2.38 bits per heavy atom. The summed E-state index contributed by atoms with van der Waals surface area (Å²) in [5, 5.41) is 8.29. The Hall–Kier alpha value is -0.630. The average molecular weight is 346 g/mol. The smallest absolute Gasteiger partial charge is 0.322 e. The van der Waals surface area contributed by atoms with Gasteiger partial charge in [-0.3, -0.25) is 9.59 Å². The lowest BCUT2D eigenvalue weighted by atomic mass is 10.1. The summed E-state index contributed by atoms with van der Waals surface area (Å²) >= 11 is 9.47. The molecule has 0 spiro atoms. The second-order valence-electron chi connectivity index (χ2n) is 4.57. The van der Waals surface area contributed by atoms with Gasteiger partial charge < -0.3 is 10.8 Å². The number of hydrogen-bond donors (Lipinski definition) is 4. The molecule has 0 bridgehead atoms. The zero-order chi connectivity index (χ0) is 15.8. The monoisotopic (exact) mass is 345 g/mol. The fourth-order valence-corrected chi connectivity index (χ4v) is 3.15. The molecule has 0 fully saturated rings. The summed E-state index contributed by atoms with van der Waals surface area (Å²) in [4.78, 5) is 23.3. The van der Waals surface area contributed by atoms with Gasteiger partial charge >= 0.3 is 5.97 Å². The van der Waals surface area contributed by atoms with Crippen molar-refractivity contribution in [3.05, 3.63) is 35.9 Å². The molecule has 0 heterocycles. The molecule has 1 unspecified atom stereocenters. The molecule has 0 aromatic heterocycles. The molecule has 1 rings (SSSR count). The van der Waals surface area contributed by atoms with Crippen molar-refractivity contribution in [3.63, 3.8) is 0 Å².